The number of halogens is 1. The van der Waals surface area contributed by atoms with Crippen molar-refractivity contribution in [1.29, 1.82) is 0 Å². The van der Waals surface area contributed by atoms with E-state index in [0.717, 1.165) is 53.0 Å². The quantitative estimate of drug-likeness (QED) is 0.724. The summed E-state index contributed by atoms with van der Waals surface area (Å²) in [5.41, 5.74) is 1.97. The molecule has 2 aromatic rings. The molecule has 1 amide bonds. The Morgan fingerprint density at radius 3 is 2.69 bits per heavy atom. The molecule has 1 aliphatic carbocycles. The molecule has 2 aliphatic rings. The topological polar surface area (TPSA) is 36.4 Å². The number of hydrogen-bond donors (Lipinski definition) is 0. The first-order chi connectivity index (χ1) is 12.7. The standard InChI is InChI=1S/C20H24BrN3OS/c21-16-5-3-4-15(12-16)20-22-17(14-26-20)13-19(25)24-10-8-23(9-11-24)18-6-1-2-7-18/h3-5,12,14,18H,1-2,6-11,13H2. The van der Waals surface area contributed by atoms with Crippen LogP contribution >= 0.6 is 27.3 Å². The van der Waals surface area contributed by atoms with Crippen LogP contribution in [0.3, 0.4) is 0 Å². The minimum Gasteiger partial charge on any atom is -0.340 e. The molecule has 26 heavy (non-hydrogen) atoms. The minimum absolute atomic E-state index is 0.210. The van der Waals surface area contributed by atoms with Gasteiger partial charge in [-0.3, -0.25) is 9.69 Å². The zero-order valence-corrected chi connectivity index (χ0v) is 17.3. The molecular formula is C20H24BrN3OS. The van der Waals surface area contributed by atoms with E-state index in [1.54, 1.807) is 11.3 Å². The van der Waals surface area contributed by atoms with E-state index in [1.807, 2.05) is 22.4 Å². The van der Waals surface area contributed by atoms with E-state index in [-0.39, 0.29) is 5.91 Å². The molecule has 2 heterocycles. The second-order valence-corrected chi connectivity index (χ2v) is 8.96. The lowest BCUT2D eigenvalue weighted by molar-refractivity contribution is -0.132. The Hall–Kier alpha value is -1.24. The number of carbonyl (C=O) groups is 1. The third-order valence-corrected chi connectivity index (χ3v) is 6.90. The monoisotopic (exact) mass is 433 g/mol. The summed E-state index contributed by atoms with van der Waals surface area (Å²) in [6.45, 7) is 3.77. The van der Waals surface area contributed by atoms with Crippen LogP contribution in [0.25, 0.3) is 10.6 Å². The molecule has 0 N–H and O–H groups in total. The Labute approximate surface area is 167 Å². The van der Waals surface area contributed by atoms with E-state index in [1.165, 1.54) is 25.7 Å². The van der Waals surface area contributed by atoms with Crippen LogP contribution in [-0.2, 0) is 11.2 Å². The highest BCUT2D eigenvalue weighted by molar-refractivity contribution is 9.10. The van der Waals surface area contributed by atoms with Gasteiger partial charge in [-0.05, 0) is 25.0 Å². The highest BCUT2D eigenvalue weighted by Gasteiger charge is 2.28. The summed E-state index contributed by atoms with van der Waals surface area (Å²) >= 11 is 5.11. The SMILES string of the molecule is O=C(Cc1csc(-c2cccc(Br)c2)n1)N1CCN(C2CCCC2)CC1. The Balaban J connectivity index is 1.32. The van der Waals surface area contributed by atoms with Crippen molar-refractivity contribution in [1.82, 2.24) is 14.8 Å². The van der Waals surface area contributed by atoms with Crippen molar-refractivity contribution in [2.75, 3.05) is 26.2 Å². The lowest BCUT2D eigenvalue weighted by Gasteiger charge is -2.38. The van der Waals surface area contributed by atoms with Crippen LogP contribution < -0.4 is 0 Å². The lowest BCUT2D eigenvalue weighted by atomic mass is 10.1. The van der Waals surface area contributed by atoms with Gasteiger partial charge in [0.05, 0.1) is 12.1 Å². The van der Waals surface area contributed by atoms with Crippen LogP contribution in [0.2, 0.25) is 0 Å². The van der Waals surface area contributed by atoms with Gasteiger partial charge < -0.3 is 4.90 Å². The molecule has 1 aliphatic heterocycles. The van der Waals surface area contributed by atoms with Gasteiger partial charge in [-0.25, -0.2) is 4.98 Å². The molecule has 1 aromatic carbocycles. The van der Waals surface area contributed by atoms with E-state index < -0.39 is 0 Å². The van der Waals surface area contributed by atoms with Gasteiger partial charge >= 0.3 is 0 Å². The van der Waals surface area contributed by atoms with Gasteiger partial charge in [0.25, 0.3) is 0 Å². The molecule has 6 heteroatoms. The molecule has 4 rings (SSSR count). The maximum absolute atomic E-state index is 12.7. The van der Waals surface area contributed by atoms with Crippen LogP contribution in [0, 0.1) is 0 Å². The third kappa shape index (κ3) is 4.18. The summed E-state index contributed by atoms with van der Waals surface area (Å²) in [4.78, 5) is 21.9. The van der Waals surface area contributed by atoms with Crippen molar-refractivity contribution in [2.45, 2.75) is 38.1 Å². The van der Waals surface area contributed by atoms with E-state index in [0.29, 0.717) is 6.42 Å². The third-order valence-electron chi connectivity index (χ3n) is 5.46. The summed E-state index contributed by atoms with van der Waals surface area (Å²) in [7, 11) is 0. The van der Waals surface area contributed by atoms with Gasteiger partial charge in [-0.15, -0.1) is 11.3 Å². The van der Waals surface area contributed by atoms with Crippen LogP contribution in [0.4, 0.5) is 0 Å². The maximum atomic E-state index is 12.7. The van der Waals surface area contributed by atoms with Gasteiger partial charge in [-0.1, -0.05) is 40.9 Å². The fourth-order valence-corrected chi connectivity index (χ4v) is 5.23. The Morgan fingerprint density at radius 2 is 1.96 bits per heavy atom. The molecule has 0 atom stereocenters. The van der Waals surface area contributed by atoms with Gasteiger partial charge in [0.15, 0.2) is 0 Å². The highest BCUT2D eigenvalue weighted by atomic mass is 79.9. The van der Waals surface area contributed by atoms with Crippen LogP contribution in [0.15, 0.2) is 34.1 Å². The minimum atomic E-state index is 0.210. The average molecular weight is 434 g/mol. The molecular weight excluding hydrogens is 410 g/mol. The fraction of sp³-hybridized carbons (Fsp3) is 0.500. The molecule has 138 valence electrons. The number of nitrogens with zero attached hydrogens (tertiary/aromatic N) is 3. The van der Waals surface area contributed by atoms with Crippen LogP contribution in [0.1, 0.15) is 31.4 Å². The molecule has 1 saturated heterocycles. The Kier molecular flexibility index (Phi) is 5.72. The van der Waals surface area contributed by atoms with Crippen molar-refractivity contribution >= 4 is 33.2 Å². The van der Waals surface area contributed by atoms with Crippen molar-refractivity contribution in [3.8, 4) is 10.6 Å². The number of amides is 1. The maximum Gasteiger partial charge on any atom is 0.228 e. The first-order valence-corrected chi connectivity index (χ1v) is 11.1. The number of thiazole rings is 1. The Morgan fingerprint density at radius 1 is 1.19 bits per heavy atom. The zero-order chi connectivity index (χ0) is 17.9. The molecule has 0 radical (unpaired) electrons. The predicted molar refractivity (Wildman–Crippen MR) is 109 cm³/mol. The molecule has 1 aromatic heterocycles. The van der Waals surface area contributed by atoms with E-state index in [4.69, 9.17) is 0 Å². The highest BCUT2D eigenvalue weighted by Crippen LogP contribution is 2.27. The molecule has 0 spiro atoms. The van der Waals surface area contributed by atoms with Gasteiger partial charge in [-0.2, -0.15) is 0 Å². The Bertz CT molecular complexity index is 764. The first kappa shape index (κ1) is 18.1. The second kappa shape index (κ2) is 8.19. The smallest absolute Gasteiger partial charge is 0.228 e. The largest absolute Gasteiger partial charge is 0.340 e. The number of carbonyl (C=O) groups excluding carboxylic acids is 1. The molecule has 2 fully saturated rings. The number of benzene rings is 1. The number of piperazine rings is 1. The fourth-order valence-electron chi connectivity index (χ4n) is 4.01. The molecule has 0 bridgehead atoms. The predicted octanol–water partition coefficient (Wildman–Crippen LogP) is 4.20. The number of aromatic nitrogens is 1. The molecule has 0 unspecified atom stereocenters. The van der Waals surface area contributed by atoms with Gasteiger partial charge in [0.2, 0.25) is 5.91 Å². The van der Waals surface area contributed by atoms with Crippen molar-refractivity contribution in [2.24, 2.45) is 0 Å². The average Bonchev–Trinajstić information content (AvgIpc) is 3.34. The van der Waals surface area contributed by atoms with E-state index in [2.05, 4.69) is 37.9 Å². The van der Waals surface area contributed by atoms with Crippen molar-refractivity contribution < 1.29 is 4.79 Å². The van der Waals surface area contributed by atoms with Crippen LogP contribution in [-0.4, -0.2) is 52.9 Å². The summed E-state index contributed by atoms with van der Waals surface area (Å²) in [5, 5.41) is 2.99. The van der Waals surface area contributed by atoms with E-state index in [9.17, 15) is 4.79 Å². The van der Waals surface area contributed by atoms with Crippen molar-refractivity contribution in [3.05, 3.63) is 39.8 Å². The van der Waals surface area contributed by atoms with E-state index >= 15 is 0 Å². The molecule has 4 nitrogen and oxygen atoms in total. The summed E-state index contributed by atoms with van der Waals surface area (Å²) in [5.74, 6) is 0.210. The summed E-state index contributed by atoms with van der Waals surface area (Å²) < 4.78 is 1.04. The first-order valence-electron chi connectivity index (χ1n) is 9.41. The second-order valence-electron chi connectivity index (χ2n) is 7.19. The van der Waals surface area contributed by atoms with Gasteiger partial charge in [0, 0.05) is 47.6 Å². The normalized spacial score (nSPS) is 19.2. The lowest BCUT2D eigenvalue weighted by Crippen LogP contribution is -2.51. The molecule has 1 saturated carbocycles. The summed E-state index contributed by atoms with van der Waals surface area (Å²) in [6, 6.07) is 8.89. The number of hydrogen-bond acceptors (Lipinski definition) is 4. The van der Waals surface area contributed by atoms with Gasteiger partial charge in [0.1, 0.15) is 5.01 Å². The number of rotatable bonds is 4. The summed E-state index contributed by atoms with van der Waals surface area (Å²) in [6.07, 6.45) is 5.83. The van der Waals surface area contributed by atoms with Crippen LogP contribution in [0.5, 0.6) is 0 Å². The zero-order valence-electron chi connectivity index (χ0n) is 14.9. The van der Waals surface area contributed by atoms with Crippen molar-refractivity contribution in [3.63, 3.8) is 0 Å².